The fourth-order valence-electron chi connectivity index (χ4n) is 3.43. The van der Waals surface area contributed by atoms with Gasteiger partial charge in [0.05, 0.1) is 0 Å². The first-order valence-corrected chi connectivity index (χ1v) is 9.46. The maximum Gasteiger partial charge on any atom is 0.261 e. The molecule has 0 bridgehead atoms. The van der Waals surface area contributed by atoms with E-state index in [0.29, 0.717) is 6.54 Å². The summed E-state index contributed by atoms with van der Waals surface area (Å²) in [6, 6.07) is 1.80. The quantitative estimate of drug-likeness (QED) is 0.873. The maximum absolute atomic E-state index is 12.5. The molecule has 23 heavy (non-hydrogen) atoms. The van der Waals surface area contributed by atoms with Crippen LogP contribution in [0.1, 0.15) is 40.9 Å². The van der Waals surface area contributed by atoms with E-state index in [-0.39, 0.29) is 22.6 Å². The summed E-state index contributed by atoms with van der Waals surface area (Å²) >= 11 is 1.92. The Bertz CT molecular complexity index is 648. The summed E-state index contributed by atoms with van der Waals surface area (Å²) in [5, 5.41) is 3.00. The second kappa shape index (κ2) is 6.69. The number of likely N-dealkylation sites (N-methyl/N-ethyl adjacent to an activating group) is 1. The molecule has 126 valence electrons. The van der Waals surface area contributed by atoms with Crippen LogP contribution in [0.15, 0.2) is 10.9 Å². The van der Waals surface area contributed by atoms with E-state index in [1.165, 1.54) is 0 Å². The van der Waals surface area contributed by atoms with Crippen molar-refractivity contribution in [3.8, 4) is 0 Å². The number of carbonyl (C=O) groups is 1. The Hall–Kier alpha value is -1.27. The van der Waals surface area contributed by atoms with Gasteiger partial charge in [-0.15, -0.1) is 0 Å². The number of aromatic nitrogens is 1. The third-order valence-electron chi connectivity index (χ3n) is 5.19. The van der Waals surface area contributed by atoms with Crippen LogP contribution in [0, 0.1) is 0 Å². The number of hydrogen-bond acceptors (Lipinski definition) is 4. The van der Waals surface area contributed by atoms with Gasteiger partial charge in [0.25, 0.3) is 11.5 Å². The molecule has 1 aliphatic carbocycles. The zero-order valence-electron chi connectivity index (χ0n) is 13.9. The number of thioether (sulfide) groups is 1. The first kappa shape index (κ1) is 16.6. The summed E-state index contributed by atoms with van der Waals surface area (Å²) in [4.78, 5) is 29.8. The first-order valence-electron chi connectivity index (χ1n) is 8.30. The summed E-state index contributed by atoms with van der Waals surface area (Å²) in [6.45, 7) is 0.586. The topological polar surface area (TPSA) is 65.2 Å². The van der Waals surface area contributed by atoms with E-state index in [0.717, 1.165) is 54.9 Å². The number of amides is 1. The zero-order valence-corrected chi connectivity index (χ0v) is 14.7. The number of hydrogen-bond donors (Lipinski definition) is 2. The lowest BCUT2D eigenvalue weighted by Gasteiger charge is -2.35. The highest BCUT2D eigenvalue weighted by Gasteiger charge is 2.37. The fourth-order valence-corrected chi connectivity index (χ4v) is 4.98. The minimum absolute atomic E-state index is 0.00129. The number of fused-ring (bicyclic) bond motifs is 1. The third kappa shape index (κ3) is 3.33. The molecule has 0 aromatic carbocycles. The molecule has 2 aliphatic rings. The van der Waals surface area contributed by atoms with Gasteiger partial charge in [-0.1, -0.05) is 0 Å². The Morgan fingerprint density at radius 3 is 2.87 bits per heavy atom. The van der Waals surface area contributed by atoms with Gasteiger partial charge >= 0.3 is 0 Å². The SMILES string of the molecule is CN(C)C1(CNC(=O)c2cc3c([nH]c2=O)CCCC3)CCSC1. The predicted octanol–water partition coefficient (Wildman–Crippen LogP) is 1.42. The van der Waals surface area contributed by atoms with Crippen molar-refractivity contribution in [1.82, 2.24) is 15.2 Å². The molecule has 2 heterocycles. The van der Waals surface area contributed by atoms with Gasteiger partial charge in [0, 0.05) is 23.5 Å². The smallest absolute Gasteiger partial charge is 0.261 e. The van der Waals surface area contributed by atoms with Crippen molar-refractivity contribution in [3.05, 3.63) is 33.2 Å². The Balaban J connectivity index is 1.75. The van der Waals surface area contributed by atoms with Crippen LogP contribution in [-0.2, 0) is 12.8 Å². The lowest BCUT2D eigenvalue weighted by molar-refractivity contribution is 0.0912. The van der Waals surface area contributed by atoms with Gasteiger partial charge in [0.2, 0.25) is 0 Å². The Morgan fingerprint density at radius 1 is 1.39 bits per heavy atom. The fraction of sp³-hybridized carbons (Fsp3) is 0.647. The van der Waals surface area contributed by atoms with E-state index >= 15 is 0 Å². The van der Waals surface area contributed by atoms with Crippen LogP contribution in [0.3, 0.4) is 0 Å². The molecular formula is C17H25N3O2S. The van der Waals surface area contributed by atoms with Gasteiger partial charge in [-0.2, -0.15) is 11.8 Å². The lowest BCUT2D eigenvalue weighted by Crippen LogP contribution is -2.53. The number of aryl methyl sites for hydroxylation is 2. The first-order chi connectivity index (χ1) is 11.0. The van der Waals surface area contributed by atoms with Gasteiger partial charge < -0.3 is 15.2 Å². The number of nitrogens with one attached hydrogen (secondary N) is 2. The molecular weight excluding hydrogens is 310 g/mol. The molecule has 1 fully saturated rings. The van der Waals surface area contributed by atoms with Crippen LogP contribution >= 0.6 is 11.8 Å². The molecule has 1 aromatic rings. The average Bonchev–Trinajstić information content (AvgIpc) is 3.02. The highest BCUT2D eigenvalue weighted by atomic mass is 32.2. The second-order valence-corrected chi connectivity index (χ2v) is 7.93. The predicted molar refractivity (Wildman–Crippen MR) is 94.4 cm³/mol. The average molecular weight is 335 g/mol. The van der Waals surface area contributed by atoms with Gasteiger partial charge in [-0.05, 0) is 63.6 Å². The lowest BCUT2D eigenvalue weighted by atomic mass is 9.94. The molecule has 1 atom stereocenters. The molecule has 1 amide bonds. The Kier molecular flexibility index (Phi) is 4.82. The number of carbonyl (C=O) groups excluding carboxylic acids is 1. The molecule has 2 N–H and O–H groups in total. The summed E-state index contributed by atoms with van der Waals surface area (Å²) in [7, 11) is 4.12. The van der Waals surface area contributed by atoms with Gasteiger partial charge in [-0.3, -0.25) is 9.59 Å². The van der Waals surface area contributed by atoms with Crippen molar-refractivity contribution < 1.29 is 4.79 Å². The van der Waals surface area contributed by atoms with Crippen molar-refractivity contribution in [2.75, 3.05) is 32.1 Å². The Labute approximate surface area is 141 Å². The van der Waals surface area contributed by atoms with E-state index in [1.54, 1.807) is 6.07 Å². The van der Waals surface area contributed by atoms with Crippen LogP contribution in [0.5, 0.6) is 0 Å². The van der Waals surface area contributed by atoms with Crippen molar-refractivity contribution in [3.63, 3.8) is 0 Å². The van der Waals surface area contributed by atoms with Gasteiger partial charge in [-0.25, -0.2) is 0 Å². The summed E-state index contributed by atoms with van der Waals surface area (Å²) < 4.78 is 0. The molecule has 1 unspecified atom stereocenters. The molecule has 5 nitrogen and oxygen atoms in total. The van der Waals surface area contributed by atoms with Gasteiger partial charge in [0.1, 0.15) is 5.56 Å². The van der Waals surface area contributed by atoms with Crippen LogP contribution in [-0.4, -0.2) is 53.5 Å². The van der Waals surface area contributed by atoms with Crippen LogP contribution in [0.4, 0.5) is 0 Å². The molecule has 1 saturated heterocycles. The highest BCUT2D eigenvalue weighted by Crippen LogP contribution is 2.31. The molecule has 0 saturated carbocycles. The Morgan fingerprint density at radius 2 is 2.17 bits per heavy atom. The molecule has 0 radical (unpaired) electrons. The van der Waals surface area contributed by atoms with E-state index in [2.05, 4.69) is 29.3 Å². The van der Waals surface area contributed by atoms with Crippen LogP contribution < -0.4 is 10.9 Å². The van der Waals surface area contributed by atoms with E-state index in [4.69, 9.17) is 0 Å². The van der Waals surface area contributed by atoms with Crippen LogP contribution in [0.2, 0.25) is 0 Å². The minimum atomic E-state index is -0.261. The monoisotopic (exact) mass is 335 g/mol. The molecule has 1 aliphatic heterocycles. The van der Waals surface area contributed by atoms with Crippen molar-refractivity contribution in [2.45, 2.75) is 37.6 Å². The highest BCUT2D eigenvalue weighted by molar-refractivity contribution is 7.99. The second-order valence-electron chi connectivity index (χ2n) is 6.83. The molecule has 0 spiro atoms. The van der Waals surface area contributed by atoms with Crippen LogP contribution in [0.25, 0.3) is 0 Å². The van der Waals surface area contributed by atoms with Gasteiger partial charge in [0.15, 0.2) is 0 Å². The minimum Gasteiger partial charge on any atom is -0.350 e. The van der Waals surface area contributed by atoms with Crippen molar-refractivity contribution in [2.24, 2.45) is 0 Å². The number of aromatic amines is 1. The van der Waals surface area contributed by atoms with E-state index in [9.17, 15) is 9.59 Å². The molecule has 3 rings (SSSR count). The summed E-state index contributed by atoms with van der Waals surface area (Å²) in [5.41, 5.74) is 2.13. The number of pyridine rings is 1. The van der Waals surface area contributed by atoms with E-state index in [1.807, 2.05) is 11.8 Å². The summed E-state index contributed by atoms with van der Waals surface area (Å²) in [6.07, 6.45) is 5.15. The molecule has 1 aromatic heterocycles. The molecule has 6 heteroatoms. The third-order valence-corrected chi connectivity index (χ3v) is 6.43. The number of nitrogens with zero attached hydrogens (tertiary/aromatic N) is 1. The normalized spacial score (nSPS) is 23.8. The number of rotatable bonds is 4. The van der Waals surface area contributed by atoms with Crippen molar-refractivity contribution in [1.29, 1.82) is 0 Å². The van der Waals surface area contributed by atoms with E-state index < -0.39 is 0 Å². The number of H-pyrrole nitrogens is 1. The summed E-state index contributed by atoms with van der Waals surface area (Å²) in [5.74, 6) is 1.88. The maximum atomic E-state index is 12.5. The van der Waals surface area contributed by atoms with Crippen molar-refractivity contribution >= 4 is 17.7 Å². The largest absolute Gasteiger partial charge is 0.350 e. The zero-order chi connectivity index (χ0) is 16.4. The standard InChI is InChI=1S/C17H25N3O2S/c1-20(2)17(7-8-23-11-17)10-18-15(21)13-9-12-5-3-4-6-14(12)19-16(13)22/h9H,3-8,10-11H2,1-2H3,(H,18,21)(H,19,22).